The van der Waals surface area contributed by atoms with Gasteiger partial charge in [-0.3, -0.25) is 0 Å². The molecule has 6 nitrogen and oxygen atoms in total. The average Bonchev–Trinajstić information content (AvgIpc) is 3.63. The fraction of sp³-hybridized carbons (Fsp3) is 0.208. The third-order valence-electron chi connectivity index (χ3n) is 14.3. The first kappa shape index (κ1) is 34.3. The summed E-state index contributed by atoms with van der Waals surface area (Å²) in [5.41, 5.74) is 23.5. The average molecular weight is 782 g/mol. The van der Waals surface area contributed by atoms with Crippen LogP contribution in [0, 0.1) is 6.92 Å². The van der Waals surface area contributed by atoms with Crippen molar-refractivity contribution in [2.24, 2.45) is 0 Å². The summed E-state index contributed by atoms with van der Waals surface area (Å²) in [6.07, 6.45) is 0. The summed E-state index contributed by atoms with van der Waals surface area (Å²) >= 11 is 0. The van der Waals surface area contributed by atoms with E-state index in [1.54, 1.807) is 0 Å². The van der Waals surface area contributed by atoms with Gasteiger partial charge in [0.25, 0.3) is 6.71 Å². The molecular weight excluding hydrogens is 737 g/mol. The fourth-order valence-corrected chi connectivity index (χ4v) is 11.5. The number of ether oxygens (including phenoxy) is 3. The Bertz CT molecular complexity index is 3060. The van der Waals surface area contributed by atoms with E-state index in [9.17, 15) is 0 Å². The summed E-state index contributed by atoms with van der Waals surface area (Å²) in [4.78, 5) is 5.02. The summed E-state index contributed by atoms with van der Waals surface area (Å²) < 4.78 is 18.6. The number of anilines is 7. The minimum Gasteiger partial charge on any atom is -0.490 e. The summed E-state index contributed by atoms with van der Waals surface area (Å²) in [7, 11) is 0. The number of aryl methyl sites for hydroxylation is 1. The van der Waals surface area contributed by atoms with E-state index in [1.165, 1.54) is 83.5 Å². The van der Waals surface area contributed by atoms with Crippen molar-refractivity contribution < 1.29 is 14.2 Å². The molecule has 7 heteroatoms. The van der Waals surface area contributed by atoms with Gasteiger partial charge in [-0.15, -0.1) is 0 Å². The van der Waals surface area contributed by atoms with Crippen molar-refractivity contribution in [1.82, 2.24) is 0 Å². The highest BCUT2D eigenvalue weighted by atomic mass is 16.6. The monoisotopic (exact) mass is 781 g/mol. The molecule has 0 aromatic heterocycles. The summed E-state index contributed by atoms with van der Waals surface area (Å²) in [5, 5.41) is 3.69. The van der Waals surface area contributed by atoms with E-state index in [0.29, 0.717) is 19.8 Å². The molecule has 0 atom stereocenters. The SMILES string of the molecule is Cc1cc2c3c(c1)N(c1ccc4c(c1)C(C)(C)c1ccccc1-4)c1cc4c(cc1B3c1cc3c(cc1N2c1ccc2c(c1)OCCO2)OCCN3)-c1ccccc1C4(C)C. The molecule has 0 saturated heterocycles. The maximum absolute atomic E-state index is 6.38. The predicted molar refractivity (Wildman–Crippen MR) is 245 cm³/mol. The van der Waals surface area contributed by atoms with Crippen LogP contribution in [0.1, 0.15) is 55.5 Å². The number of nitrogens with one attached hydrogen (secondary N) is 1. The Balaban J connectivity index is 1.12. The van der Waals surface area contributed by atoms with Crippen LogP contribution < -0.4 is 45.7 Å². The Hall–Kier alpha value is -6.60. The van der Waals surface area contributed by atoms with Crippen LogP contribution in [0.2, 0.25) is 0 Å². The van der Waals surface area contributed by atoms with Crippen LogP contribution in [0.4, 0.5) is 39.8 Å². The second kappa shape index (κ2) is 11.8. The van der Waals surface area contributed by atoms with Crippen LogP contribution in [0.25, 0.3) is 22.3 Å². The summed E-state index contributed by atoms with van der Waals surface area (Å²) in [5.74, 6) is 2.43. The normalized spacial score (nSPS) is 17.2. The van der Waals surface area contributed by atoms with Crippen molar-refractivity contribution >= 4 is 62.9 Å². The van der Waals surface area contributed by atoms with Crippen molar-refractivity contribution in [1.29, 1.82) is 0 Å². The zero-order chi connectivity index (χ0) is 40.2. The van der Waals surface area contributed by atoms with Gasteiger partial charge in [-0.2, -0.15) is 0 Å². The third-order valence-corrected chi connectivity index (χ3v) is 14.3. The molecule has 4 aliphatic heterocycles. The zero-order valence-corrected chi connectivity index (χ0v) is 34.6. The molecule has 0 radical (unpaired) electrons. The number of hydrogen-bond donors (Lipinski definition) is 1. The Labute approximate surface area is 351 Å². The topological polar surface area (TPSA) is 46.2 Å². The lowest BCUT2D eigenvalue weighted by Crippen LogP contribution is -2.61. The minimum atomic E-state index is -0.161. The van der Waals surface area contributed by atoms with Gasteiger partial charge in [0, 0.05) is 57.9 Å². The van der Waals surface area contributed by atoms with Crippen molar-refractivity contribution in [2.75, 3.05) is 41.5 Å². The lowest BCUT2D eigenvalue weighted by Gasteiger charge is -2.45. The van der Waals surface area contributed by atoms with E-state index in [1.807, 2.05) is 0 Å². The van der Waals surface area contributed by atoms with Crippen molar-refractivity contribution in [3.63, 3.8) is 0 Å². The highest BCUT2D eigenvalue weighted by Crippen LogP contribution is 2.55. The molecule has 0 bridgehead atoms. The molecule has 6 aliphatic rings. The second-order valence-corrected chi connectivity index (χ2v) is 18.4. The van der Waals surface area contributed by atoms with Crippen LogP contribution in [-0.4, -0.2) is 33.1 Å². The van der Waals surface area contributed by atoms with Crippen LogP contribution >= 0.6 is 0 Å². The largest absolute Gasteiger partial charge is 0.490 e. The first-order chi connectivity index (χ1) is 29.2. The first-order valence-electron chi connectivity index (χ1n) is 21.4. The van der Waals surface area contributed by atoms with Crippen LogP contribution in [0.3, 0.4) is 0 Å². The number of hydrogen-bond acceptors (Lipinski definition) is 6. The highest BCUT2D eigenvalue weighted by Gasteiger charge is 2.47. The lowest BCUT2D eigenvalue weighted by atomic mass is 9.33. The highest BCUT2D eigenvalue weighted by molar-refractivity contribution is 7.00. The molecule has 0 amide bonds. The Morgan fingerprint density at radius 1 is 0.500 bits per heavy atom. The minimum absolute atomic E-state index is 0.0457. The number of rotatable bonds is 2. The van der Waals surface area contributed by atoms with E-state index in [4.69, 9.17) is 14.2 Å². The van der Waals surface area contributed by atoms with Crippen LogP contribution in [0.15, 0.2) is 121 Å². The Kier molecular flexibility index (Phi) is 6.73. The molecule has 4 heterocycles. The quantitative estimate of drug-likeness (QED) is 0.176. The molecule has 0 unspecified atom stereocenters. The molecule has 292 valence electrons. The molecule has 0 saturated carbocycles. The van der Waals surface area contributed by atoms with E-state index in [-0.39, 0.29) is 17.5 Å². The molecule has 0 spiro atoms. The predicted octanol–water partition coefficient (Wildman–Crippen LogP) is 10.3. The molecular formula is C53H44BN3O3. The van der Waals surface area contributed by atoms with Gasteiger partial charge >= 0.3 is 0 Å². The van der Waals surface area contributed by atoms with E-state index in [2.05, 4.69) is 171 Å². The van der Waals surface area contributed by atoms with Gasteiger partial charge in [0.15, 0.2) is 11.5 Å². The fourth-order valence-electron chi connectivity index (χ4n) is 11.5. The lowest BCUT2D eigenvalue weighted by molar-refractivity contribution is 0.171. The van der Waals surface area contributed by atoms with Gasteiger partial charge < -0.3 is 29.3 Å². The maximum atomic E-state index is 6.38. The van der Waals surface area contributed by atoms with Gasteiger partial charge in [-0.1, -0.05) is 88.4 Å². The van der Waals surface area contributed by atoms with E-state index in [0.717, 1.165) is 46.5 Å². The smallest absolute Gasteiger partial charge is 0.252 e. The van der Waals surface area contributed by atoms with Crippen molar-refractivity contribution in [3.05, 3.63) is 149 Å². The molecule has 7 aromatic carbocycles. The van der Waals surface area contributed by atoms with Gasteiger partial charge in [-0.25, -0.2) is 0 Å². The van der Waals surface area contributed by atoms with Crippen molar-refractivity contribution in [2.45, 2.75) is 45.4 Å². The zero-order valence-electron chi connectivity index (χ0n) is 34.6. The first-order valence-corrected chi connectivity index (χ1v) is 21.4. The third kappa shape index (κ3) is 4.45. The molecule has 7 aromatic rings. The number of benzene rings is 7. The molecule has 60 heavy (non-hydrogen) atoms. The van der Waals surface area contributed by atoms with Crippen LogP contribution in [-0.2, 0) is 10.8 Å². The van der Waals surface area contributed by atoms with Gasteiger partial charge in [0.2, 0.25) is 0 Å². The number of fused-ring (bicyclic) bond motifs is 12. The molecule has 13 rings (SSSR count). The van der Waals surface area contributed by atoms with Gasteiger partial charge in [0.1, 0.15) is 25.6 Å². The number of nitrogens with zero attached hydrogens (tertiary/aromatic N) is 2. The molecule has 0 fully saturated rings. The van der Waals surface area contributed by atoms with E-state index < -0.39 is 0 Å². The van der Waals surface area contributed by atoms with Gasteiger partial charge in [0.05, 0.1) is 11.4 Å². The van der Waals surface area contributed by atoms with Crippen molar-refractivity contribution in [3.8, 4) is 39.5 Å². The van der Waals surface area contributed by atoms with Crippen LogP contribution in [0.5, 0.6) is 17.2 Å². The van der Waals surface area contributed by atoms with E-state index >= 15 is 0 Å². The Morgan fingerprint density at radius 2 is 1.08 bits per heavy atom. The molecule has 2 aliphatic carbocycles. The second-order valence-electron chi connectivity index (χ2n) is 18.4. The maximum Gasteiger partial charge on any atom is 0.252 e. The summed E-state index contributed by atoms with van der Waals surface area (Å²) in [6, 6.07) is 46.0. The Morgan fingerprint density at radius 3 is 1.83 bits per heavy atom. The molecule has 1 N–H and O–H groups in total. The van der Waals surface area contributed by atoms with Gasteiger partial charge in [-0.05, 0) is 122 Å². The summed E-state index contributed by atoms with van der Waals surface area (Å²) in [6.45, 7) is 14.2. The standard InChI is InChI=1S/C53H44BN3O3/c1-30-22-46-51-47(23-30)57(32-15-17-48-50(25-32)60-21-20-59-48)45-29-49-43(55-18-19-58-49)28-42(45)54(51)41-26-36-34-11-7-9-13-38(34)53(4,5)40(36)27-44(41)56(46)31-14-16-35-33-10-6-8-12-37(33)52(2,3)39(35)24-31/h6-17,22-29,55H,18-21H2,1-5H3.